The van der Waals surface area contributed by atoms with Crippen molar-refractivity contribution in [2.75, 3.05) is 11.9 Å². The molecule has 17 heavy (non-hydrogen) atoms. The number of nitrogens with zero attached hydrogens (tertiary/aromatic N) is 1. The van der Waals surface area contributed by atoms with Crippen LogP contribution in [0.15, 0.2) is 18.3 Å². The molecule has 4 nitrogen and oxygen atoms in total. The highest BCUT2D eigenvalue weighted by atomic mass is 16.4. The summed E-state index contributed by atoms with van der Waals surface area (Å²) in [7, 11) is 0. The summed E-state index contributed by atoms with van der Waals surface area (Å²) >= 11 is 0. The van der Waals surface area contributed by atoms with E-state index >= 15 is 0 Å². The molecule has 0 bridgehead atoms. The highest BCUT2D eigenvalue weighted by Crippen LogP contribution is 2.30. The van der Waals surface area contributed by atoms with Crippen LogP contribution >= 0.6 is 0 Å². The van der Waals surface area contributed by atoms with Crippen LogP contribution in [0.5, 0.6) is 0 Å². The molecule has 1 saturated carbocycles. The Kier molecular flexibility index (Phi) is 3.61. The standard InChI is InChI=1S/C13H18N2O2/c1-9-2-3-10(6-9)7-14-11-4-5-12(13(16)17)15-8-11/h4-5,8-10,14H,2-3,6-7H2,1H3,(H,16,17). The Morgan fingerprint density at radius 2 is 2.35 bits per heavy atom. The third kappa shape index (κ3) is 3.19. The van der Waals surface area contributed by atoms with Crippen LogP contribution in [0.3, 0.4) is 0 Å². The Morgan fingerprint density at radius 3 is 2.88 bits per heavy atom. The molecule has 1 aliphatic carbocycles. The van der Waals surface area contributed by atoms with E-state index in [0.717, 1.165) is 24.1 Å². The largest absolute Gasteiger partial charge is 0.477 e. The lowest BCUT2D eigenvalue weighted by Crippen LogP contribution is -2.12. The van der Waals surface area contributed by atoms with Crippen LogP contribution in [-0.4, -0.2) is 22.6 Å². The quantitative estimate of drug-likeness (QED) is 0.840. The molecule has 0 radical (unpaired) electrons. The van der Waals surface area contributed by atoms with Crippen molar-refractivity contribution in [3.8, 4) is 0 Å². The summed E-state index contributed by atoms with van der Waals surface area (Å²) < 4.78 is 0. The third-order valence-corrected chi connectivity index (χ3v) is 3.38. The predicted molar refractivity (Wildman–Crippen MR) is 66.2 cm³/mol. The van der Waals surface area contributed by atoms with Crippen molar-refractivity contribution in [3.05, 3.63) is 24.0 Å². The average Bonchev–Trinajstić information content (AvgIpc) is 2.73. The van der Waals surface area contributed by atoms with Crippen molar-refractivity contribution in [1.82, 2.24) is 4.98 Å². The number of aromatic carboxylic acids is 1. The molecule has 0 aliphatic heterocycles. The van der Waals surface area contributed by atoms with Crippen molar-refractivity contribution in [1.29, 1.82) is 0 Å². The fraction of sp³-hybridized carbons (Fsp3) is 0.538. The first-order chi connectivity index (χ1) is 8.15. The Morgan fingerprint density at radius 1 is 1.53 bits per heavy atom. The van der Waals surface area contributed by atoms with Gasteiger partial charge in [-0.2, -0.15) is 0 Å². The van der Waals surface area contributed by atoms with E-state index in [0.29, 0.717) is 0 Å². The van der Waals surface area contributed by atoms with Crippen molar-refractivity contribution >= 4 is 11.7 Å². The molecular weight excluding hydrogens is 216 g/mol. The molecule has 1 fully saturated rings. The summed E-state index contributed by atoms with van der Waals surface area (Å²) in [4.78, 5) is 14.5. The molecule has 2 unspecified atom stereocenters. The maximum atomic E-state index is 10.6. The molecule has 2 atom stereocenters. The molecule has 0 saturated heterocycles. The summed E-state index contributed by atoms with van der Waals surface area (Å²) in [5, 5.41) is 12.0. The van der Waals surface area contributed by atoms with Gasteiger partial charge in [0.2, 0.25) is 0 Å². The SMILES string of the molecule is CC1CCC(CNc2ccc(C(=O)O)nc2)C1. The number of carboxylic acid groups (broad SMARTS) is 1. The van der Waals surface area contributed by atoms with Gasteiger partial charge in [-0.25, -0.2) is 9.78 Å². The van der Waals surface area contributed by atoms with Crippen molar-refractivity contribution in [2.45, 2.75) is 26.2 Å². The average molecular weight is 234 g/mol. The van der Waals surface area contributed by atoms with E-state index in [1.54, 1.807) is 12.3 Å². The molecule has 2 rings (SSSR count). The van der Waals surface area contributed by atoms with Gasteiger partial charge in [-0.3, -0.25) is 0 Å². The van der Waals surface area contributed by atoms with Crippen molar-refractivity contribution in [2.24, 2.45) is 11.8 Å². The van der Waals surface area contributed by atoms with Crippen LogP contribution in [0.4, 0.5) is 5.69 Å². The molecule has 1 aromatic rings. The highest BCUT2D eigenvalue weighted by molar-refractivity contribution is 5.85. The lowest BCUT2D eigenvalue weighted by atomic mass is 10.1. The Balaban J connectivity index is 1.85. The second-order valence-corrected chi connectivity index (χ2v) is 4.90. The Hall–Kier alpha value is -1.58. The van der Waals surface area contributed by atoms with E-state index in [2.05, 4.69) is 17.2 Å². The normalized spacial score (nSPS) is 23.6. The molecular formula is C13H18N2O2. The Bertz CT molecular complexity index is 389. The number of carboxylic acids is 1. The van der Waals surface area contributed by atoms with Gasteiger partial charge in [0.25, 0.3) is 0 Å². The number of pyridine rings is 1. The van der Waals surface area contributed by atoms with Gasteiger partial charge >= 0.3 is 5.97 Å². The summed E-state index contributed by atoms with van der Waals surface area (Å²) in [6.07, 6.45) is 5.48. The number of hydrogen-bond donors (Lipinski definition) is 2. The van der Waals surface area contributed by atoms with Gasteiger partial charge in [0, 0.05) is 6.54 Å². The monoisotopic (exact) mass is 234 g/mol. The lowest BCUT2D eigenvalue weighted by Gasteiger charge is -2.11. The van der Waals surface area contributed by atoms with Crippen molar-refractivity contribution in [3.63, 3.8) is 0 Å². The summed E-state index contributed by atoms with van der Waals surface area (Å²) in [6.45, 7) is 3.25. The van der Waals surface area contributed by atoms with Crippen LogP contribution in [0.1, 0.15) is 36.7 Å². The zero-order valence-electron chi connectivity index (χ0n) is 10.0. The van der Waals surface area contributed by atoms with Crippen LogP contribution < -0.4 is 5.32 Å². The summed E-state index contributed by atoms with van der Waals surface area (Å²) in [5.74, 6) is 0.597. The first-order valence-electron chi connectivity index (χ1n) is 6.08. The molecule has 1 heterocycles. The molecule has 0 amide bonds. The van der Waals surface area contributed by atoms with E-state index < -0.39 is 5.97 Å². The topological polar surface area (TPSA) is 62.2 Å². The minimum absolute atomic E-state index is 0.0880. The molecule has 1 aromatic heterocycles. The maximum absolute atomic E-state index is 10.6. The number of nitrogens with one attached hydrogen (secondary N) is 1. The van der Waals surface area contributed by atoms with Crippen LogP contribution in [0, 0.1) is 11.8 Å². The fourth-order valence-electron chi connectivity index (χ4n) is 2.40. The first kappa shape index (κ1) is 11.9. The maximum Gasteiger partial charge on any atom is 0.354 e. The van der Waals surface area contributed by atoms with Gasteiger partial charge in [-0.15, -0.1) is 0 Å². The minimum Gasteiger partial charge on any atom is -0.477 e. The molecule has 92 valence electrons. The Labute approximate surface area is 101 Å². The van der Waals surface area contributed by atoms with Gasteiger partial charge in [-0.1, -0.05) is 13.3 Å². The zero-order valence-corrected chi connectivity index (χ0v) is 10.0. The second-order valence-electron chi connectivity index (χ2n) is 4.90. The first-order valence-corrected chi connectivity index (χ1v) is 6.08. The van der Waals surface area contributed by atoms with Gasteiger partial charge in [0.05, 0.1) is 11.9 Å². The summed E-state index contributed by atoms with van der Waals surface area (Å²) in [5.41, 5.74) is 0.986. The summed E-state index contributed by atoms with van der Waals surface area (Å²) in [6, 6.07) is 3.30. The molecule has 4 heteroatoms. The minimum atomic E-state index is -0.985. The number of rotatable bonds is 4. The van der Waals surface area contributed by atoms with Gasteiger partial charge in [-0.05, 0) is 36.8 Å². The number of anilines is 1. The predicted octanol–water partition coefficient (Wildman–Crippen LogP) is 2.63. The van der Waals surface area contributed by atoms with E-state index in [4.69, 9.17) is 5.11 Å². The highest BCUT2D eigenvalue weighted by Gasteiger charge is 2.20. The van der Waals surface area contributed by atoms with Gasteiger partial charge in [0.1, 0.15) is 5.69 Å². The van der Waals surface area contributed by atoms with Crippen molar-refractivity contribution < 1.29 is 9.90 Å². The van der Waals surface area contributed by atoms with Gasteiger partial charge < -0.3 is 10.4 Å². The van der Waals surface area contributed by atoms with E-state index in [-0.39, 0.29) is 5.69 Å². The van der Waals surface area contributed by atoms with E-state index in [9.17, 15) is 4.79 Å². The van der Waals surface area contributed by atoms with Crippen LogP contribution in [0.2, 0.25) is 0 Å². The number of aromatic nitrogens is 1. The fourth-order valence-corrected chi connectivity index (χ4v) is 2.40. The molecule has 0 spiro atoms. The second kappa shape index (κ2) is 5.17. The smallest absolute Gasteiger partial charge is 0.354 e. The van der Waals surface area contributed by atoms with E-state index in [1.165, 1.54) is 25.3 Å². The third-order valence-electron chi connectivity index (χ3n) is 3.38. The molecule has 0 aromatic carbocycles. The van der Waals surface area contributed by atoms with E-state index in [1.807, 2.05) is 0 Å². The number of hydrogen-bond acceptors (Lipinski definition) is 3. The zero-order chi connectivity index (χ0) is 12.3. The lowest BCUT2D eigenvalue weighted by molar-refractivity contribution is 0.0690. The van der Waals surface area contributed by atoms with Crippen LogP contribution in [0.25, 0.3) is 0 Å². The van der Waals surface area contributed by atoms with Gasteiger partial charge in [0.15, 0.2) is 0 Å². The number of carbonyl (C=O) groups is 1. The molecule has 2 N–H and O–H groups in total. The van der Waals surface area contributed by atoms with Crippen LogP contribution in [-0.2, 0) is 0 Å². The molecule has 1 aliphatic rings.